The number of fused-ring (bicyclic) bond motifs is 1. The number of H-pyrrole nitrogens is 1. The van der Waals surface area contributed by atoms with Crippen LogP contribution in [0.5, 0.6) is 0 Å². The van der Waals surface area contributed by atoms with Gasteiger partial charge in [0.05, 0.1) is 45.4 Å². The van der Waals surface area contributed by atoms with Crippen molar-refractivity contribution in [2.24, 2.45) is 4.99 Å². The van der Waals surface area contributed by atoms with Crippen LogP contribution in [0.4, 0.5) is 0 Å². The summed E-state index contributed by atoms with van der Waals surface area (Å²) < 4.78 is 25.7. The molecule has 0 saturated carbocycles. The number of aliphatic imine (C=N–C) groups is 1. The third-order valence-electron chi connectivity index (χ3n) is 4.60. The molecule has 4 rings (SSSR count). The Morgan fingerprint density at radius 2 is 2.10 bits per heavy atom. The van der Waals surface area contributed by atoms with E-state index < -0.39 is 9.84 Å². The predicted octanol–water partition coefficient (Wildman–Crippen LogP) is 2.28. The molecule has 2 N–H and O–H groups in total. The van der Waals surface area contributed by atoms with Crippen LogP contribution < -0.4 is 5.32 Å². The third kappa shape index (κ3) is 4.26. The van der Waals surface area contributed by atoms with Crippen LogP contribution in [0.1, 0.15) is 22.3 Å². The average molecular weight is 432 g/mol. The van der Waals surface area contributed by atoms with Gasteiger partial charge < -0.3 is 5.32 Å². The summed E-state index contributed by atoms with van der Waals surface area (Å²) in [6, 6.07) is 9.44. The number of hydrogen-bond donors (Lipinski definition) is 2. The van der Waals surface area contributed by atoms with Gasteiger partial charge in [-0.2, -0.15) is 10.4 Å². The lowest BCUT2D eigenvalue weighted by Crippen LogP contribution is -2.25. The van der Waals surface area contributed by atoms with Crippen molar-refractivity contribution in [2.45, 2.75) is 11.3 Å². The van der Waals surface area contributed by atoms with Crippen molar-refractivity contribution in [1.82, 2.24) is 20.5 Å². The summed E-state index contributed by atoms with van der Waals surface area (Å²) >= 11 is 0. The van der Waals surface area contributed by atoms with Crippen LogP contribution in [0.25, 0.3) is 11.0 Å². The predicted molar refractivity (Wildman–Crippen MR) is 114 cm³/mol. The molecular weight excluding hydrogens is 416 g/mol. The van der Waals surface area contributed by atoms with Crippen LogP contribution in [0, 0.1) is 11.3 Å². The molecule has 31 heavy (non-hydrogen) atoms. The molecule has 154 valence electrons. The van der Waals surface area contributed by atoms with Crippen molar-refractivity contribution >= 4 is 33.0 Å². The summed E-state index contributed by atoms with van der Waals surface area (Å²) in [5.41, 5.74) is 1.76. The molecule has 3 aromatic rings. The van der Waals surface area contributed by atoms with Crippen LogP contribution in [0.3, 0.4) is 0 Å². The molecule has 0 saturated heterocycles. The van der Waals surface area contributed by atoms with Gasteiger partial charge in [-0.15, -0.1) is 0 Å². The molecule has 9 nitrogen and oxygen atoms in total. The summed E-state index contributed by atoms with van der Waals surface area (Å²) in [6.07, 6.45) is 7.91. The van der Waals surface area contributed by atoms with E-state index in [1.807, 2.05) is 6.07 Å². The summed E-state index contributed by atoms with van der Waals surface area (Å²) in [7, 11) is -3.81. The van der Waals surface area contributed by atoms with E-state index >= 15 is 0 Å². The Bertz CT molecular complexity index is 1410. The minimum atomic E-state index is -3.81. The number of sulfone groups is 1. The molecule has 0 radical (unpaired) electrons. The number of pyridine rings is 1. The molecular formula is C21H16N6O3S. The number of nitrogens with one attached hydrogen (secondary N) is 2. The van der Waals surface area contributed by atoms with Gasteiger partial charge in [0.2, 0.25) is 9.84 Å². The standard InChI is InChI=1S/C21H16N6O3S/c22-9-14-3-1-5-18(7-14)31(29,30)19-6-2-4-17(23-13-19)12-25-21(28)16-8-15-11-26-27-20(15)24-10-16/h1,3-8,10-11,13H,2,12H2,(H,25,28)(H,24,26,27). The van der Waals surface area contributed by atoms with Crippen molar-refractivity contribution < 1.29 is 13.2 Å². The van der Waals surface area contributed by atoms with E-state index in [4.69, 9.17) is 5.26 Å². The van der Waals surface area contributed by atoms with Crippen molar-refractivity contribution in [3.05, 3.63) is 76.6 Å². The first-order valence-electron chi connectivity index (χ1n) is 9.23. The largest absolute Gasteiger partial charge is 0.346 e. The first kappa shape index (κ1) is 20.2. The van der Waals surface area contributed by atoms with E-state index in [1.165, 1.54) is 36.7 Å². The maximum absolute atomic E-state index is 12.9. The fourth-order valence-corrected chi connectivity index (χ4v) is 4.28. The number of aromatic amines is 1. The van der Waals surface area contributed by atoms with E-state index in [9.17, 15) is 13.2 Å². The normalized spacial score (nSPS) is 13.8. The van der Waals surface area contributed by atoms with E-state index in [2.05, 4.69) is 25.5 Å². The number of allylic oxidation sites excluding steroid dienone is 3. The zero-order valence-corrected chi connectivity index (χ0v) is 16.9. The highest BCUT2D eigenvalue weighted by atomic mass is 32.2. The summed E-state index contributed by atoms with van der Waals surface area (Å²) in [6.45, 7) is 0.129. The van der Waals surface area contributed by atoms with E-state index in [0.29, 0.717) is 23.3 Å². The highest BCUT2D eigenvalue weighted by Gasteiger charge is 2.20. The number of hydrogen-bond acceptors (Lipinski definition) is 7. The van der Waals surface area contributed by atoms with Gasteiger partial charge in [0.1, 0.15) is 0 Å². The van der Waals surface area contributed by atoms with Crippen LogP contribution in [-0.4, -0.2) is 42.3 Å². The molecule has 0 fully saturated rings. The molecule has 0 atom stereocenters. The number of nitrogens with zero attached hydrogens (tertiary/aromatic N) is 4. The Kier molecular flexibility index (Phi) is 5.43. The molecule has 0 spiro atoms. The zero-order valence-electron chi connectivity index (χ0n) is 16.1. The lowest BCUT2D eigenvalue weighted by atomic mass is 10.2. The number of benzene rings is 1. The van der Waals surface area contributed by atoms with E-state index in [1.54, 1.807) is 24.4 Å². The van der Waals surface area contributed by atoms with Crippen LogP contribution >= 0.6 is 0 Å². The first-order chi connectivity index (χ1) is 15.0. The Morgan fingerprint density at radius 1 is 1.23 bits per heavy atom. The second kappa shape index (κ2) is 8.33. The molecule has 2 aromatic heterocycles. The van der Waals surface area contributed by atoms with Crippen molar-refractivity contribution in [2.75, 3.05) is 6.54 Å². The molecule has 0 aliphatic carbocycles. The van der Waals surface area contributed by atoms with E-state index in [-0.39, 0.29) is 27.8 Å². The van der Waals surface area contributed by atoms with Crippen molar-refractivity contribution in [1.29, 1.82) is 5.26 Å². The second-order valence-corrected chi connectivity index (χ2v) is 8.60. The first-order valence-corrected chi connectivity index (χ1v) is 10.7. The van der Waals surface area contributed by atoms with Crippen LogP contribution in [-0.2, 0) is 9.84 Å². The maximum Gasteiger partial charge on any atom is 0.253 e. The molecule has 0 unspecified atom stereocenters. The van der Waals surface area contributed by atoms with Gasteiger partial charge in [-0.3, -0.25) is 14.9 Å². The summed E-state index contributed by atoms with van der Waals surface area (Å²) in [5, 5.41) is 19.1. The van der Waals surface area contributed by atoms with Gasteiger partial charge in [0.25, 0.3) is 5.91 Å². The Labute approximate surface area is 177 Å². The van der Waals surface area contributed by atoms with E-state index in [0.717, 1.165) is 5.39 Å². The van der Waals surface area contributed by atoms with Gasteiger partial charge in [-0.05, 0) is 30.7 Å². The summed E-state index contributed by atoms with van der Waals surface area (Å²) in [4.78, 5) is 20.8. The molecule has 1 amide bonds. The lowest BCUT2D eigenvalue weighted by molar-refractivity contribution is 0.0956. The van der Waals surface area contributed by atoms with Gasteiger partial charge in [0, 0.05) is 17.8 Å². The van der Waals surface area contributed by atoms with Crippen LogP contribution in [0.2, 0.25) is 0 Å². The number of rotatable bonds is 5. The highest BCUT2D eigenvalue weighted by Crippen LogP contribution is 2.21. The van der Waals surface area contributed by atoms with Gasteiger partial charge in [-0.25, -0.2) is 13.4 Å². The molecule has 1 aliphatic heterocycles. The number of carbonyl (C=O) groups excluding carboxylic acids is 1. The van der Waals surface area contributed by atoms with Crippen molar-refractivity contribution in [3.63, 3.8) is 0 Å². The molecule has 1 aliphatic rings. The Hall–Kier alpha value is -4.10. The van der Waals surface area contributed by atoms with Gasteiger partial charge in [0.15, 0.2) is 5.65 Å². The molecule has 10 heteroatoms. The molecule has 3 heterocycles. The lowest BCUT2D eigenvalue weighted by Gasteiger charge is -2.06. The SMILES string of the molecule is N#Cc1cccc(S(=O)(=O)C2=CCC=C(CNC(=O)c3cnc4[nH]ncc4c3)N=C2)c1. The quantitative estimate of drug-likeness (QED) is 0.634. The number of amides is 1. The fraction of sp³-hybridized carbons (Fsp3) is 0.0952. The second-order valence-electron chi connectivity index (χ2n) is 6.65. The Morgan fingerprint density at radius 3 is 2.94 bits per heavy atom. The summed E-state index contributed by atoms with van der Waals surface area (Å²) in [5.74, 6) is -0.329. The minimum absolute atomic E-state index is 0.0307. The highest BCUT2D eigenvalue weighted by molar-refractivity contribution is 7.96. The molecule has 0 bridgehead atoms. The van der Waals surface area contributed by atoms with Gasteiger partial charge >= 0.3 is 0 Å². The monoisotopic (exact) mass is 432 g/mol. The minimum Gasteiger partial charge on any atom is -0.346 e. The number of aromatic nitrogens is 3. The Balaban J connectivity index is 1.44. The fourth-order valence-electron chi connectivity index (χ4n) is 2.96. The average Bonchev–Trinajstić information content (AvgIpc) is 3.13. The molecule has 1 aromatic carbocycles. The topological polar surface area (TPSA) is 141 Å². The zero-order chi connectivity index (χ0) is 21.8. The number of carbonyl (C=O) groups is 1. The number of nitriles is 1. The van der Waals surface area contributed by atoms with Crippen LogP contribution in [0.15, 0.2) is 75.4 Å². The van der Waals surface area contributed by atoms with Gasteiger partial charge in [-0.1, -0.05) is 18.2 Å². The van der Waals surface area contributed by atoms with Crippen molar-refractivity contribution in [3.8, 4) is 6.07 Å². The third-order valence-corrected chi connectivity index (χ3v) is 6.36. The maximum atomic E-state index is 12.9. The smallest absolute Gasteiger partial charge is 0.253 e.